The van der Waals surface area contributed by atoms with Crippen LogP contribution in [0, 0.1) is 0 Å². The number of halogens is 1. The molecule has 0 amide bonds. The van der Waals surface area contributed by atoms with E-state index < -0.39 is 0 Å². The number of nitrogens with one attached hydrogen (secondary N) is 1. The molecule has 0 radical (unpaired) electrons. The molecule has 1 N–H and O–H groups in total. The summed E-state index contributed by atoms with van der Waals surface area (Å²) in [6.07, 6.45) is 1.76. The van der Waals surface area contributed by atoms with Crippen molar-refractivity contribution in [1.29, 1.82) is 0 Å². The number of hydrogen-bond acceptors (Lipinski definition) is 5. The van der Waals surface area contributed by atoms with Crippen LogP contribution in [-0.4, -0.2) is 23.8 Å². The molecule has 0 unspecified atom stereocenters. The van der Waals surface area contributed by atoms with Gasteiger partial charge in [-0.25, -0.2) is 0 Å². The SMILES string of the molecule is C=CCNCc1nc(-c2ccc(Cl)cc2OC)no1. The van der Waals surface area contributed by atoms with Gasteiger partial charge in [0, 0.05) is 11.6 Å². The van der Waals surface area contributed by atoms with Crippen LogP contribution >= 0.6 is 11.6 Å². The first-order valence-electron chi connectivity index (χ1n) is 5.72. The van der Waals surface area contributed by atoms with Gasteiger partial charge in [-0.3, -0.25) is 0 Å². The van der Waals surface area contributed by atoms with Gasteiger partial charge in [0.25, 0.3) is 0 Å². The molecular formula is C13H14ClN3O2. The van der Waals surface area contributed by atoms with Crippen molar-refractivity contribution in [2.75, 3.05) is 13.7 Å². The maximum atomic E-state index is 5.91. The molecule has 0 saturated heterocycles. The fourth-order valence-electron chi connectivity index (χ4n) is 1.57. The maximum absolute atomic E-state index is 5.91. The van der Waals surface area contributed by atoms with Gasteiger partial charge in [0.15, 0.2) is 0 Å². The second-order valence-corrected chi connectivity index (χ2v) is 4.21. The Morgan fingerprint density at radius 3 is 3.11 bits per heavy atom. The number of hydrogen-bond donors (Lipinski definition) is 1. The Morgan fingerprint density at radius 2 is 2.37 bits per heavy atom. The van der Waals surface area contributed by atoms with Crippen LogP contribution in [0.4, 0.5) is 0 Å². The zero-order valence-electron chi connectivity index (χ0n) is 10.5. The summed E-state index contributed by atoms with van der Waals surface area (Å²) in [5.41, 5.74) is 0.741. The van der Waals surface area contributed by atoms with Gasteiger partial charge >= 0.3 is 0 Å². The summed E-state index contributed by atoms with van der Waals surface area (Å²) in [6.45, 7) is 4.79. The van der Waals surface area contributed by atoms with E-state index in [2.05, 4.69) is 22.0 Å². The molecule has 0 atom stereocenters. The van der Waals surface area contributed by atoms with E-state index in [4.69, 9.17) is 20.9 Å². The summed E-state index contributed by atoms with van der Waals surface area (Å²) in [6, 6.07) is 5.27. The van der Waals surface area contributed by atoms with E-state index in [-0.39, 0.29) is 0 Å². The van der Waals surface area contributed by atoms with Crippen LogP contribution in [0.3, 0.4) is 0 Å². The van der Waals surface area contributed by atoms with Crippen molar-refractivity contribution in [2.24, 2.45) is 0 Å². The molecule has 0 aliphatic carbocycles. The molecule has 0 aliphatic heterocycles. The van der Waals surface area contributed by atoms with E-state index in [0.29, 0.717) is 35.6 Å². The summed E-state index contributed by atoms with van der Waals surface area (Å²) in [5, 5.41) is 7.61. The topological polar surface area (TPSA) is 60.2 Å². The average molecular weight is 280 g/mol. The van der Waals surface area contributed by atoms with Gasteiger partial charge in [0.2, 0.25) is 11.7 Å². The zero-order chi connectivity index (χ0) is 13.7. The van der Waals surface area contributed by atoms with Gasteiger partial charge in [-0.1, -0.05) is 22.8 Å². The Morgan fingerprint density at radius 1 is 1.53 bits per heavy atom. The molecule has 5 nitrogen and oxygen atoms in total. The van der Waals surface area contributed by atoms with E-state index in [0.717, 1.165) is 5.56 Å². The van der Waals surface area contributed by atoms with Crippen LogP contribution in [0.5, 0.6) is 5.75 Å². The Kier molecular flexibility index (Phi) is 4.54. The molecule has 1 aromatic carbocycles. The molecule has 100 valence electrons. The lowest BCUT2D eigenvalue weighted by Crippen LogP contribution is -2.12. The van der Waals surface area contributed by atoms with Gasteiger partial charge in [0.05, 0.1) is 19.2 Å². The molecule has 6 heteroatoms. The molecule has 0 bridgehead atoms. The number of methoxy groups -OCH3 is 1. The first-order valence-corrected chi connectivity index (χ1v) is 6.10. The standard InChI is InChI=1S/C13H14ClN3O2/c1-3-6-15-8-12-16-13(17-19-12)10-5-4-9(14)7-11(10)18-2/h3-5,7,15H,1,6,8H2,2H3. The fraction of sp³-hybridized carbons (Fsp3) is 0.231. The molecule has 0 spiro atoms. The second kappa shape index (κ2) is 6.36. The van der Waals surface area contributed by atoms with Gasteiger partial charge in [-0.15, -0.1) is 6.58 Å². The number of benzene rings is 1. The van der Waals surface area contributed by atoms with Gasteiger partial charge in [-0.05, 0) is 18.2 Å². The Balaban J connectivity index is 2.20. The summed E-state index contributed by atoms with van der Waals surface area (Å²) in [7, 11) is 1.57. The molecule has 19 heavy (non-hydrogen) atoms. The molecule has 0 aliphatic rings. The Hall–Kier alpha value is -1.85. The zero-order valence-corrected chi connectivity index (χ0v) is 11.3. The van der Waals surface area contributed by atoms with Crippen LogP contribution in [0.1, 0.15) is 5.89 Å². The van der Waals surface area contributed by atoms with Gasteiger partial charge in [-0.2, -0.15) is 4.98 Å². The summed E-state index contributed by atoms with van der Waals surface area (Å²) in [4.78, 5) is 4.29. The van der Waals surface area contributed by atoms with Crippen molar-refractivity contribution in [1.82, 2.24) is 15.5 Å². The predicted octanol–water partition coefficient (Wildman–Crippen LogP) is 2.67. The van der Waals surface area contributed by atoms with Crippen molar-refractivity contribution in [3.63, 3.8) is 0 Å². The minimum atomic E-state index is 0.476. The van der Waals surface area contributed by atoms with Gasteiger partial charge < -0.3 is 14.6 Å². The normalized spacial score (nSPS) is 10.4. The molecule has 2 rings (SSSR count). The van der Waals surface area contributed by atoms with Crippen LogP contribution in [0.25, 0.3) is 11.4 Å². The van der Waals surface area contributed by atoms with Crippen LogP contribution in [0.2, 0.25) is 5.02 Å². The van der Waals surface area contributed by atoms with Crippen molar-refractivity contribution in [2.45, 2.75) is 6.54 Å². The number of ether oxygens (including phenoxy) is 1. The van der Waals surface area contributed by atoms with Crippen LogP contribution in [0.15, 0.2) is 35.4 Å². The highest BCUT2D eigenvalue weighted by Crippen LogP contribution is 2.30. The van der Waals surface area contributed by atoms with E-state index in [1.165, 1.54) is 0 Å². The smallest absolute Gasteiger partial charge is 0.240 e. The van der Waals surface area contributed by atoms with Crippen LogP contribution < -0.4 is 10.1 Å². The quantitative estimate of drug-likeness (QED) is 0.651. The van der Waals surface area contributed by atoms with Crippen molar-refractivity contribution in [3.8, 4) is 17.1 Å². The molecular weight excluding hydrogens is 266 g/mol. The third kappa shape index (κ3) is 3.33. The van der Waals surface area contributed by atoms with Crippen molar-refractivity contribution in [3.05, 3.63) is 41.8 Å². The van der Waals surface area contributed by atoms with E-state index >= 15 is 0 Å². The van der Waals surface area contributed by atoms with Crippen molar-refractivity contribution < 1.29 is 9.26 Å². The lowest BCUT2D eigenvalue weighted by Gasteiger charge is -2.04. The minimum Gasteiger partial charge on any atom is -0.496 e. The highest BCUT2D eigenvalue weighted by Gasteiger charge is 2.13. The van der Waals surface area contributed by atoms with E-state index in [1.807, 2.05) is 0 Å². The molecule has 1 heterocycles. The fourth-order valence-corrected chi connectivity index (χ4v) is 1.73. The maximum Gasteiger partial charge on any atom is 0.240 e. The lowest BCUT2D eigenvalue weighted by atomic mass is 10.2. The number of rotatable bonds is 6. The molecule has 2 aromatic rings. The average Bonchev–Trinajstić information content (AvgIpc) is 2.87. The molecule has 0 fully saturated rings. The Labute approximate surface area is 116 Å². The number of aromatic nitrogens is 2. The van der Waals surface area contributed by atoms with E-state index in [9.17, 15) is 0 Å². The van der Waals surface area contributed by atoms with Crippen LogP contribution in [-0.2, 0) is 6.54 Å². The van der Waals surface area contributed by atoms with Gasteiger partial charge in [0.1, 0.15) is 5.75 Å². The first-order chi connectivity index (χ1) is 9.24. The third-order valence-electron chi connectivity index (χ3n) is 2.44. The predicted molar refractivity (Wildman–Crippen MR) is 73.2 cm³/mol. The summed E-state index contributed by atoms with van der Waals surface area (Å²) >= 11 is 5.91. The number of nitrogens with zero attached hydrogens (tertiary/aromatic N) is 2. The monoisotopic (exact) mass is 279 g/mol. The summed E-state index contributed by atoms with van der Waals surface area (Å²) < 4.78 is 10.4. The second-order valence-electron chi connectivity index (χ2n) is 3.78. The summed E-state index contributed by atoms with van der Waals surface area (Å²) in [5.74, 6) is 1.59. The third-order valence-corrected chi connectivity index (χ3v) is 2.67. The van der Waals surface area contributed by atoms with E-state index in [1.54, 1.807) is 31.4 Å². The Bertz CT molecular complexity index is 569. The highest BCUT2D eigenvalue weighted by atomic mass is 35.5. The van der Waals surface area contributed by atoms with Crippen molar-refractivity contribution >= 4 is 11.6 Å². The highest BCUT2D eigenvalue weighted by molar-refractivity contribution is 6.30. The minimum absolute atomic E-state index is 0.476. The molecule has 1 aromatic heterocycles. The first kappa shape index (κ1) is 13.6. The largest absolute Gasteiger partial charge is 0.496 e. The molecule has 0 saturated carbocycles. The lowest BCUT2D eigenvalue weighted by molar-refractivity contribution is 0.370.